The molecule has 2 aromatic rings. The summed E-state index contributed by atoms with van der Waals surface area (Å²) in [5.41, 5.74) is 2.74. The average Bonchev–Trinajstić information content (AvgIpc) is 2.71. The summed E-state index contributed by atoms with van der Waals surface area (Å²) < 4.78 is 49.2. The molecule has 168 valence electrons. The molecule has 0 aromatic heterocycles. The largest absolute Gasteiger partial charge is 0.754 e. The standard InChI is InChI=1S/C22H28N2O5S2/c1-3-4-12-21(25)19-14-18-11-8-13-23(16-17-9-6-5-7-10-17)22(18)20(15-19)24(30(26)27)31(2,28)29/h5-7,9-10,14-15H,3-4,8,11-13,16H2,1-2H3,(H,26,27)/p-1. The highest BCUT2D eigenvalue weighted by Gasteiger charge is 2.30. The molecule has 0 saturated carbocycles. The van der Waals surface area contributed by atoms with E-state index in [9.17, 15) is 22.0 Å². The Morgan fingerprint density at radius 2 is 1.94 bits per heavy atom. The van der Waals surface area contributed by atoms with Crippen LogP contribution in [-0.2, 0) is 34.3 Å². The molecule has 1 aliphatic rings. The number of carbonyl (C=O) groups excluding carboxylic acids is 1. The van der Waals surface area contributed by atoms with Gasteiger partial charge in [-0.05, 0) is 42.5 Å². The van der Waals surface area contributed by atoms with Gasteiger partial charge in [0.2, 0.25) is 10.0 Å². The summed E-state index contributed by atoms with van der Waals surface area (Å²) in [7, 11) is -4.12. The minimum absolute atomic E-state index is 0.0174. The van der Waals surface area contributed by atoms with E-state index < -0.39 is 21.3 Å². The van der Waals surface area contributed by atoms with Crippen LogP contribution in [0.4, 0.5) is 11.4 Å². The Hall–Kier alpha value is -2.23. The van der Waals surface area contributed by atoms with Gasteiger partial charge in [-0.25, -0.2) is 8.42 Å². The summed E-state index contributed by atoms with van der Waals surface area (Å²) in [6.45, 7) is 3.15. The summed E-state index contributed by atoms with van der Waals surface area (Å²) in [6, 6.07) is 12.9. The van der Waals surface area contributed by atoms with Crippen LogP contribution in [-0.4, -0.2) is 35.8 Å². The van der Waals surface area contributed by atoms with Crippen molar-refractivity contribution in [3.05, 3.63) is 59.2 Å². The minimum atomic E-state index is -4.12. The van der Waals surface area contributed by atoms with Crippen LogP contribution in [0.2, 0.25) is 0 Å². The molecule has 9 heteroatoms. The van der Waals surface area contributed by atoms with Gasteiger partial charge in [0.1, 0.15) is 0 Å². The molecule has 0 fully saturated rings. The molecule has 3 rings (SSSR count). The number of Topliss-reactive ketones (excluding diaryl/α,β-unsaturated/α-hetero) is 1. The van der Waals surface area contributed by atoms with Crippen LogP contribution in [0.15, 0.2) is 42.5 Å². The van der Waals surface area contributed by atoms with Crippen LogP contribution in [0.5, 0.6) is 0 Å². The number of unbranched alkanes of at least 4 members (excludes halogenated alkanes) is 1. The lowest BCUT2D eigenvalue weighted by molar-refractivity contribution is 0.0979. The molecule has 31 heavy (non-hydrogen) atoms. The lowest BCUT2D eigenvalue weighted by Crippen LogP contribution is -2.36. The lowest BCUT2D eigenvalue weighted by atomic mass is 9.94. The van der Waals surface area contributed by atoms with E-state index >= 15 is 0 Å². The number of hydrogen-bond acceptors (Lipinski definition) is 6. The normalized spacial score (nSPS) is 14.7. The molecule has 0 N–H and O–H groups in total. The molecule has 0 saturated heterocycles. The monoisotopic (exact) mass is 463 g/mol. The third-order valence-electron chi connectivity index (χ3n) is 5.29. The Balaban J connectivity index is 2.17. The third kappa shape index (κ3) is 5.53. The quantitative estimate of drug-likeness (QED) is 0.416. The molecule has 0 radical (unpaired) electrons. The zero-order chi connectivity index (χ0) is 22.6. The van der Waals surface area contributed by atoms with Crippen molar-refractivity contribution < 1.29 is 22.0 Å². The lowest BCUT2D eigenvalue weighted by Gasteiger charge is -2.36. The number of fused-ring (bicyclic) bond motifs is 1. The van der Waals surface area contributed by atoms with E-state index in [0.717, 1.165) is 30.2 Å². The van der Waals surface area contributed by atoms with Crippen LogP contribution in [0.1, 0.15) is 54.1 Å². The Labute approximate surface area is 186 Å². The van der Waals surface area contributed by atoms with Gasteiger partial charge in [0, 0.05) is 25.1 Å². The van der Waals surface area contributed by atoms with Gasteiger partial charge in [-0.1, -0.05) is 43.7 Å². The fourth-order valence-electron chi connectivity index (χ4n) is 3.92. The van der Waals surface area contributed by atoms with Gasteiger partial charge in [0.25, 0.3) is 0 Å². The predicted molar refractivity (Wildman–Crippen MR) is 122 cm³/mol. The van der Waals surface area contributed by atoms with Crippen LogP contribution >= 0.6 is 0 Å². The van der Waals surface area contributed by atoms with Gasteiger partial charge in [0.15, 0.2) is 5.78 Å². The second-order valence-electron chi connectivity index (χ2n) is 7.75. The van der Waals surface area contributed by atoms with Gasteiger partial charge in [0.05, 0.1) is 28.9 Å². The second-order valence-corrected chi connectivity index (χ2v) is 10.6. The highest BCUT2D eigenvalue weighted by Crippen LogP contribution is 2.40. The van der Waals surface area contributed by atoms with Crippen molar-refractivity contribution in [2.45, 2.75) is 45.6 Å². The zero-order valence-corrected chi connectivity index (χ0v) is 19.4. The van der Waals surface area contributed by atoms with Gasteiger partial charge in [-0.3, -0.25) is 9.00 Å². The van der Waals surface area contributed by atoms with Crippen molar-refractivity contribution in [1.29, 1.82) is 0 Å². The molecule has 0 amide bonds. The molecule has 1 aliphatic heterocycles. The molecule has 0 spiro atoms. The number of benzene rings is 2. The Morgan fingerprint density at radius 3 is 2.55 bits per heavy atom. The van der Waals surface area contributed by atoms with Gasteiger partial charge >= 0.3 is 0 Å². The topological polar surface area (TPSA) is 97.8 Å². The Bertz CT molecular complexity index is 1070. The van der Waals surface area contributed by atoms with E-state index in [2.05, 4.69) is 0 Å². The van der Waals surface area contributed by atoms with Crippen molar-refractivity contribution in [1.82, 2.24) is 0 Å². The number of carbonyl (C=O) groups is 1. The summed E-state index contributed by atoms with van der Waals surface area (Å²) >= 11 is -3.05. The number of sulfonamides is 1. The van der Waals surface area contributed by atoms with E-state index in [0.29, 0.717) is 47.3 Å². The summed E-state index contributed by atoms with van der Waals surface area (Å²) in [5, 5.41) is 0. The number of hydrogen-bond donors (Lipinski definition) is 0. The van der Waals surface area contributed by atoms with Crippen LogP contribution in [0.3, 0.4) is 0 Å². The van der Waals surface area contributed by atoms with Crippen molar-refractivity contribution in [2.75, 3.05) is 21.4 Å². The molecule has 2 aromatic carbocycles. The molecule has 0 bridgehead atoms. The van der Waals surface area contributed by atoms with Gasteiger partial charge in [-0.2, -0.15) is 3.71 Å². The van der Waals surface area contributed by atoms with E-state index in [-0.39, 0.29) is 11.5 Å². The second kappa shape index (κ2) is 9.93. The smallest absolute Gasteiger partial charge is 0.242 e. The van der Waals surface area contributed by atoms with Crippen LogP contribution in [0, 0.1) is 0 Å². The summed E-state index contributed by atoms with van der Waals surface area (Å²) in [4.78, 5) is 14.7. The highest BCUT2D eigenvalue weighted by molar-refractivity contribution is 8.05. The Morgan fingerprint density at radius 1 is 1.23 bits per heavy atom. The fourth-order valence-corrected chi connectivity index (χ4v) is 5.60. The molecule has 1 unspecified atom stereocenters. The molecule has 0 aliphatic carbocycles. The molecular formula is C22H27N2O5S2-. The first kappa shape index (κ1) is 23.4. The number of aryl methyl sites for hydroxylation is 1. The van der Waals surface area contributed by atoms with Crippen molar-refractivity contribution in [2.24, 2.45) is 0 Å². The maximum absolute atomic E-state index is 12.7. The predicted octanol–water partition coefficient (Wildman–Crippen LogP) is 3.57. The van der Waals surface area contributed by atoms with Gasteiger partial charge < -0.3 is 9.45 Å². The average molecular weight is 464 g/mol. The van der Waals surface area contributed by atoms with E-state index in [4.69, 9.17) is 0 Å². The first-order valence-corrected chi connectivity index (χ1v) is 13.2. The molecule has 1 heterocycles. The minimum Gasteiger partial charge on any atom is -0.754 e. The number of rotatable bonds is 9. The summed E-state index contributed by atoms with van der Waals surface area (Å²) in [6.07, 6.45) is 4.23. The van der Waals surface area contributed by atoms with Crippen molar-refractivity contribution in [3.8, 4) is 0 Å². The molecule has 1 atom stereocenters. The molecule has 7 nitrogen and oxygen atoms in total. The SMILES string of the molecule is CCCCC(=O)c1cc2c(c(N(S(=O)[O-])S(C)(=O)=O)c1)N(Cc1ccccc1)CCC2. The van der Waals surface area contributed by atoms with E-state index in [1.54, 1.807) is 6.07 Å². The maximum atomic E-state index is 12.7. The highest BCUT2D eigenvalue weighted by atomic mass is 32.3. The van der Waals surface area contributed by atoms with Gasteiger partial charge in [-0.15, -0.1) is 0 Å². The van der Waals surface area contributed by atoms with Crippen molar-refractivity contribution >= 4 is 38.4 Å². The maximum Gasteiger partial charge on any atom is 0.242 e. The summed E-state index contributed by atoms with van der Waals surface area (Å²) in [5.74, 6) is -0.115. The first-order valence-electron chi connectivity index (χ1n) is 10.3. The van der Waals surface area contributed by atoms with E-state index in [1.165, 1.54) is 6.07 Å². The van der Waals surface area contributed by atoms with E-state index in [1.807, 2.05) is 42.2 Å². The molecular weight excluding hydrogens is 436 g/mol. The Kier molecular flexibility index (Phi) is 7.51. The third-order valence-corrected chi connectivity index (χ3v) is 7.73. The first-order chi connectivity index (χ1) is 14.7. The van der Waals surface area contributed by atoms with Crippen molar-refractivity contribution in [3.63, 3.8) is 0 Å². The number of anilines is 2. The zero-order valence-electron chi connectivity index (χ0n) is 17.7. The van der Waals surface area contributed by atoms with Crippen LogP contribution in [0.25, 0.3) is 0 Å². The number of nitrogens with zero attached hydrogens (tertiary/aromatic N) is 2. The van der Waals surface area contributed by atoms with Crippen LogP contribution < -0.4 is 8.61 Å². The number of ketones is 1. The fraction of sp³-hybridized carbons (Fsp3) is 0.409.